The number of ether oxygens (including phenoxy) is 2. The van der Waals surface area contributed by atoms with Gasteiger partial charge in [-0.25, -0.2) is 5.43 Å². The number of amides is 1. The first-order valence-electron chi connectivity index (χ1n) is 10.2. The van der Waals surface area contributed by atoms with E-state index in [0.717, 1.165) is 24.0 Å². The maximum absolute atomic E-state index is 11.9. The zero-order chi connectivity index (χ0) is 23.0. The summed E-state index contributed by atoms with van der Waals surface area (Å²) in [6.07, 6.45) is 1.61. The van der Waals surface area contributed by atoms with Crippen molar-refractivity contribution in [3.05, 3.63) is 103 Å². The van der Waals surface area contributed by atoms with Crippen LogP contribution >= 0.6 is 45.2 Å². The van der Waals surface area contributed by atoms with Crippen LogP contribution in [0.4, 0.5) is 0 Å². The van der Waals surface area contributed by atoms with Crippen LogP contribution in [0.2, 0.25) is 0 Å². The molecule has 0 spiro atoms. The molecule has 7 heteroatoms. The molecule has 33 heavy (non-hydrogen) atoms. The van der Waals surface area contributed by atoms with Gasteiger partial charge in [-0.05, 0) is 91.3 Å². The lowest BCUT2D eigenvalue weighted by Gasteiger charge is -2.13. The van der Waals surface area contributed by atoms with Gasteiger partial charge in [0.2, 0.25) is 0 Å². The van der Waals surface area contributed by atoms with Crippen LogP contribution in [-0.2, 0) is 11.4 Å². The summed E-state index contributed by atoms with van der Waals surface area (Å²) in [4.78, 5) is 11.9. The highest BCUT2D eigenvalue weighted by Crippen LogP contribution is 2.30. The number of nitrogens with zero attached hydrogens (tertiary/aromatic N) is 1. The molecule has 0 atom stereocenters. The Labute approximate surface area is 219 Å². The molecule has 0 aliphatic carbocycles. The molecule has 0 bridgehead atoms. The van der Waals surface area contributed by atoms with Crippen molar-refractivity contribution in [2.24, 2.45) is 5.10 Å². The fraction of sp³-hybridized carbons (Fsp3) is 0.0769. The summed E-state index contributed by atoms with van der Waals surface area (Å²) in [5.74, 6) is 1.15. The molecule has 0 fully saturated rings. The van der Waals surface area contributed by atoms with E-state index in [1.165, 1.54) is 10.8 Å². The molecule has 0 heterocycles. The Morgan fingerprint density at radius 2 is 1.58 bits per heavy atom. The largest absolute Gasteiger partial charge is 0.487 e. The van der Waals surface area contributed by atoms with Gasteiger partial charge in [0.25, 0.3) is 5.91 Å². The molecule has 0 aliphatic rings. The summed E-state index contributed by atoms with van der Waals surface area (Å²) < 4.78 is 13.5. The molecule has 0 saturated carbocycles. The van der Waals surface area contributed by atoms with Gasteiger partial charge >= 0.3 is 0 Å². The molecular formula is C26H20I2N2O3. The number of nitrogens with one attached hydrogen (secondary N) is 1. The number of rotatable bonds is 8. The predicted molar refractivity (Wildman–Crippen MR) is 148 cm³/mol. The van der Waals surface area contributed by atoms with E-state index >= 15 is 0 Å². The van der Waals surface area contributed by atoms with Crippen LogP contribution in [0.3, 0.4) is 0 Å². The maximum atomic E-state index is 11.9. The molecule has 0 aliphatic heterocycles. The zero-order valence-corrected chi connectivity index (χ0v) is 21.8. The van der Waals surface area contributed by atoms with Crippen LogP contribution in [0.15, 0.2) is 90.0 Å². The van der Waals surface area contributed by atoms with Gasteiger partial charge in [0.05, 0.1) is 13.4 Å². The highest BCUT2D eigenvalue weighted by Gasteiger charge is 2.10. The first-order valence-corrected chi connectivity index (χ1v) is 12.3. The Morgan fingerprint density at radius 3 is 2.36 bits per heavy atom. The van der Waals surface area contributed by atoms with E-state index in [1.807, 2.05) is 42.5 Å². The Balaban J connectivity index is 1.36. The zero-order valence-electron chi connectivity index (χ0n) is 17.5. The molecule has 4 aromatic rings. The van der Waals surface area contributed by atoms with E-state index in [0.29, 0.717) is 12.4 Å². The highest BCUT2D eigenvalue weighted by atomic mass is 127. The number of hydrogen-bond acceptors (Lipinski definition) is 4. The summed E-state index contributed by atoms with van der Waals surface area (Å²) >= 11 is 4.52. The number of para-hydroxylation sites is 1. The van der Waals surface area contributed by atoms with Gasteiger partial charge in [-0.1, -0.05) is 60.7 Å². The maximum Gasteiger partial charge on any atom is 0.277 e. The number of hydrogen-bond donors (Lipinski definition) is 1. The Morgan fingerprint density at radius 1 is 0.879 bits per heavy atom. The van der Waals surface area contributed by atoms with Crippen LogP contribution in [0.1, 0.15) is 11.1 Å². The Bertz CT molecular complexity index is 1260. The van der Waals surface area contributed by atoms with Crippen molar-refractivity contribution < 1.29 is 14.3 Å². The van der Waals surface area contributed by atoms with Crippen LogP contribution < -0.4 is 14.9 Å². The van der Waals surface area contributed by atoms with Gasteiger partial charge in [-0.15, -0.1) is 0 Å². The first kappa shape index (κ1) is 23.5. The normalized spacial score (nSPS) is 11.0. The van der Waals surface area contributed by atoms with Gasteiger partial charge in [0.1, 0.15) is 18.1 Å². The quantitative estimate of drug-likeness (QED) is 0.140. The minimum atomic E-state index is -0.325. The number of carbonyl (C=O) groups excluding carboxylic acids is 1. The van der Waals surface area contributed by atoms with Gasteiger partial charge < -0.3 is 9.47 Å². The summed E-state index contributed by atoms with van der Waals surface area (Å²) in [6, 6.07) is 27.7. The smallest absolute Gasteiger partial charge is 0.277 e. The number of hydrazone groups is 1. The lowest BCUT2D eigenvalue weighted by molar-refractivity contribution is -0.123. The topological polar surface area (TPSA) is 59.9 Å². The standard InChI is InChI=1S/C26H20I2N2O3/c27-23-13-18(15-29-30-25(31)17-32-21-10-2-1-3-11-21)14-24(28)26(23)33-16-20-9-6-8-19-7-4-5-12-22(19)20/h1-15H,16-17H2,(H,30,31)/b29-15-. The molecule has 166 valence electrons. The predicted octanol–water partition coefficient (Wildman–Crippen LogP) is 6.16. The third-order valence-electron chi connectivity index (χ3n) is 4.79. The molecule has 0 aromatic heterocycles. The van der Waals surface area contributed by atoms with E-state index < -0.39 is 0 Å². The number of benzene rings is 4. The molecule has 0 radical (unpaired) electrons. The third-order valence-corrected chi connectivity index (χ3v) is 6.39. The van der Waals surface area contributed by atoms with Crippen LogP contribution in [0.5, 0.6) is 11.5 Å². The second-order valence-corrected chi connectivity index (χ2v) is 9.46. The lowest BCUT2D eigenvalue weighted by Crippen LogP contribution is -2.24. The van der Waals surface area contributed by atoms with Gasteiger partial charge in [-0.2, -0.15) is 5.10 Å². The van der Waals surface area contributed by atoms with Gasteiger partial charge in [-0.3, -0.25) is 4.79 Å². The van der Waals surface area contributed by atoms with Crippen molar-refractivity contribution in [2.75, 3.05) is 6.61 Å². The Kier molecular flexibility index (Phi) is 8.16. The van der Waals surface area contributed by atoms with Crippen molar-refractivity contribution in [2.45, 2.75) is 6.61 Å². The average molecular weight is 662 g/mol. The summed E-state index contributed by atoms with van der Waals surface area (Å²) in [5, 5.41) is 6.44. The van der Waals surface area contributed by atoms with E-state index in [4.69, 9.17) is 9.47 Å². The van der Waals surface area contributed by atoms with E-state index in [9.17, 15) is 4.79 Å². The summed E-state index contributed by atoms with van der Waals surface area (Å²) in [5.41, 5.74) is 4.50. The van der Waals surface area contributed by atoms with E-state index in [-0.39, 0.29) is 12.5 Å². The average Bonchev–Trinajstić information content (AvgIpc) is 2.83. The first-order chi connectivity index (χ1) is 16.1. The molecule has 1 amide bonds. The number of fused-ring (bicyclic) bond motifs is 1. The number of carbonyl (C=O) groups is 1. The molecule has 1 N–H and O–H groups in total. The van der Waals surface area contributed by atoms with Crippen molar-refractivity contribution >= 4 is 68.1 Å². The van der Waals surface area contributed by atoms with Crippen molar-refractivity contribution in [3.8, 4) is 11.5 Å². The van der Waals surface area contributed by atoms with Crippen molar-refractivity contribution in [3.63, 3.8) is 0 Å². The molecule has 0 saturated heterocycles. The third kappa shape index (κ3) is 6.44. The fourth-order valence-electron chi connectivity index (χ4n) is 3.24. The second-order valence-electron chi connectivity index (χ2n) is 7.14. The summed E-state index contributed by atoms with van der Waals surface area (Å²) in [6.45, 7) is 0.385. The van der Waals surface area contributed by atoms with Crippen LogP contribution in [0.25, 0.3) is 10.8 Å². The van der Waals surface area contributed by atoms with Crippen molar-refractivity contribution in [1.82, 2.24) is 5.43 Å². The van der Waals surface area contributed by atoms with E-state index in [2.05, 4.69) is 86.0 Å². The Hall–Kier alpha value is -2.66. The van der Waals surface area contributed by atoms with E-state index in [1.54, 1.807) is 18.3 Å². The molecule has 4 aromatic carbocycles. The minimum Gasteiger partial charge on any atom is -0.487 e. The highest BCUT2D eigenvalue weighted by molar-refractivity contribution is 14.1. The van der Waals surface area contributed by atoms with Crippen LogP contribution in [-0.4, -0.2) is 18.7 Å². The van der Waals surface area contributed by atoms with Gasteiger partial charge in [0, 0.05) is 0 Å². The molecule has 4 rings (SSSR count). The SMILES string of the molecule is O=C(COc1ccccc1)N/N=C\c1cc(I)c(OCc2cccc3ccccc23)c(I)c1. The molecule has 5 nitrogen and oxygen atoms in total. The summed E-state index contributed by atoms with van der Waals surface area (Å²) in [7, 11) is 0. The lowest BCUT2D eigenvalue weighted by atomic mass is 10.1. The minimum absolute atomic E-state index is 0.0998. The molecular weight excluding hydrogens is 642 g/mol. The van der Waals surface area contributed by atoms with Crippen molar-refractivity contribution in [1.29, 1.82) is 0 Å². The fourth-order valence-corrected chi connectivity index (χ4v) is 5.36. The monoisotopic (exact) mass is 662 g/mol. The second kappa shape index (κ2) is 11.5. The van der Waals surface area contributed by atoms with Gasteiger partial charge in [0.15, 0.2) is 6.61 Å². The van der Waals surface area contributed by atoms with Crippen LogP contribution in [0, 0.1) is 7.14 Å². The molecule has 0 unspecified atom stereocenters. The number of halogens is 2.